The van der Waals surface area contributed by atoms with Gasteiger partial charge in [-0.25, -0.2) is 4.98 Å². The summed E-state index contributed by atoms with van der Waals surface area (Å²) in [6, 6.07) is 8.65. The number of methoxy groups -OCH3 is 2. The van der Waals surface area contributed by atoms with Crippen molar-refractivity contribution in [3.63, 3.8) is 0 Å². The molecule has 146 valence electrons. The number of ether oxygens (including phenoxy) is 2. The van der Waals surface area contributed by atoms with Gasteiger partial charge < -0.3 is 19.2 Å². The van der Waals surface area contributed by atoms with E-state index in [1.54, 1.807) is 44.7 Å². The van der Waals surface area contributed by atoms with Crippen LogP contribution in [0.5, 0.6) is 11.5 Å². The Morgan fingerprint density at radius 1 is 1.10 bits per heavy atom. The molecule has 4 rings (SSSR count). The minimum atomic E-state index is -0.262. The predicted molar refractivity (Wildman–Crippen MR) is 109 cm³/mol. The number of nitrogens with zero attached hydrogens (tertiary/aromatic N) is 2. The summed E-state index contributed by atoms with van der Waals surface area (Å²) in [5.74, 6) is 1.31. The van der Waals surface area contributed by atoms with E-state index in [0.29, 0.717) is 46.3 Å². The van der Waals surface area contributed by atoms with Crippen LogP contribution in [0.3, 0.4) is 0 Å². The van der Waals surface area contributed by atoms with Crippen LogP contribution in [0, 0.1) is 0 Å². The van der Waals surface area contributed by atoms with Gasteiger partial charge in [0, 0.05) is 35.5 Å². The second-order valence-electron chi connectivity index (χ2n) is 6.35. The van der Waals surface area contributed by atoms with E-state index < -0.39 is 0 Å². The molecule has 1 N–H and O–H groups in total. The lowest BCUT2D eigenvalue weighted by atomic mass is 10.1. The molecule has 0 saturated heterocycles. The number of benzene rings is 1. The van der Waals surface area contributed by atoms with Gasteiger partial charge in [-0.05, 0) is 30.3 Å². The van der Waals surface area contributed by atoms with Crippen molar-refractivity contribution in [3.05, 3.63) is 78.0 Å². The summed E-state index contributed by atoms with van der Waals surface area (Å²) >= 11 is 0. The maximum Gasteiger partial charge on any atom is 0.255 e. The molecule has 1 aliphatic carbocycles. The maximum atomic E-state index is 12.8. The lowest BCUT2D eigenvalue weighted by Gasteiger charge is -2.12. The summed E-state index contributed by atoms with van der Waals surface area (Å²) in [5, 5.41) is 2.95. The van der Waals surface area contributed by atoms with E-state index in [1.807, 2.05) is 30.4 Å². The van der Waals surface area contributed by atoms with E-state index in [9.17, 15) is 4.79 Å². The molecule has 29 heavy (non-hydrogen) atoms. The van der Waals surface area contributed by atoms with E-state index in [1.165, 1.54) is 0 Å². The second kappa shape index (κ2) is 8.02. The Morgan fingerprint density at radius 3 is 2.59 bits per heavy atom. The van der Waals surface area contributed by atoms with E-state index in [0.717, 1.165) is 5.57 Å². The van der Waals surface area contributed by atoms with Crippen LogP contribution in [-0.2, 0) is 0 Å². The van der Waals surface area contributed by atoms with E-state index in [2.05, 4.69) is 15.3 Å². The number of aromatic nitrogens is 2. The number of fused-ring (bicyclic) bond motifs is 1. The van der Waals surface area contributed by atoms with Crippen LogP contribution in [0.2, 0.25) is 0 Å². The Balaban J connectivity index is 1.55. The molecule has 7 nitrogen and oxygen atoms in total. The standard InChI is InChI=1S/C22H19N3O4/c1-27-17-11-15(12-18(13-17)28-2)21(26)24-16-7-4-3-6-14(10-16)22-25-20-19(29-22)8-5-9-23-20/h3-9,11-13H,10H2,1-2H3,(H,24,26). The van der Waals surface area contributed by atoms with Crippen molar-refractivity contribution < 1.29 is 18.7 Å². The van der Waals surface area contributed by atoms with Crippen molar-refractivity contribution in [2.75, 3.05) is 14.2 Å². The highest BCUT2D eigenvalue weighted by Gasteiger charge is 2.17. The van der Waals surface area contributed by atoms with Crippen LogP contribution in [0.15, 0.2) is 70.9 Å². The van der Waals surface area contributed by atoms with Crippen molar-refractivity contribution in [2.24, 2.45) is 0 Å². The number of hydrogen-bond donors (Lipinski definition) is 1. The van der Waals surface area contributed by atoms with E-state index >= 15 is 0 Å². The zero-order chi connectivity index (χ0) is 20.2. The Kier molecular flexibility index (Phi) is 5.11. The second-order valence-corrected chi connectivity index (χ2v) is 6.35. The van der Waals surface area contributed by atoms with E-state index in [4.69, 9.17) is 13.9 Å². The summed E-state index contributed by atoms with van der Waals surface area (Å²) in [6.45, 7) is 0. The third kappa shape index (κ3) is 4.03. The quantitative estimate of drug-likeness (QED) is 0.712. The smallest absolute Gasteiger partial charge is 0.255 e. The zero-order valence-electron chi connectivity index (χ0n) is 16.0. The number of allylic oxidation sites excluding steroid dienone is 5. The average Bonchev–Trinajstić information content (AvgIpc) is 3.05. The van der Waals surface area contributed by atoms with Gasteiger partial charge >= 0.3 is 0 Å². The molecule has 7 heteroatoms. The molecular formula is C22H19N3O4. The van der Waals surface area contributed by atoms with E-state index in [-0.39, 0.29) is 5.91 Å². The van der Waals surface area contributed by atoms with Crippen molar-refractivity contribution >= 4 is 22.7 Å². The first kappa shape index (κ1) is 18.5. The first-order chi connectivity index (χ1) is 14.2. The molecule has 0 radical (unpaired) electrons. The van der Waals surface area contributed by atoms with Crippen LogP contribution in [0.1, 0.15) is 22.7 Å². The third-order valence-corrected chi connectivity index (χ3v) is 4.41. The summed E-state index contributed by atoms with van der Waals surface area (Å²) < 4.78 is 16.3. The minimum absolute atomic E-state index is 0.262. The molecule has 1 aromatic carbocycles. The van der Waals surface area contributed by atoms with Gasteiger partial charge in [-0.2, -0.15) is 4.98 Å². The number of oxazole rings is 1. The molecule has 1 amide bonds. The monoisotopic (exact) mass is 389 g/mol. The van der Waals surface area contributed by atoms with Gasteiger partial charge in [0.25, 0.3) is 5.91 Å². The lowest BCUT2D eigenvalue weighted by molar-refractivity contribution is 0.0964. The maximum absolute atomic E-state index is 12.8. The number of carbonyl (C=O) groups excluding carboxylic acids is 1. The molecular weight excluding hydrogens is 370 g/mol. The summed E-state index contributed by atoms with van der Waals surface area (Å²) in [7, 11) is 3.09. The van der Waals surface area contributed by atoms with Crippen LogP contribution in [0.4, 0.5) is 0 Å². The predicted octanol–water partition coefficient (Wildman–Crippen LogP) is 3.90. The highest BCUT2D eigenvalue weighted by Crippen LogP contribution is 2.27. The number of amides is 1. The minimum Gasteiger partial charge on any atom is -0.497 e. The van der Waals surface area contributed by atoms with Crippen molar-refractivity contribution in [2.45, 2.75) is 6.42 Å². The molecule has 0 fully saturated rings. The first-order valence-corrected chi connectivity index (χ1v) is 8.99. The molecule has 1 aliphatic rings. The van der Waals surface area contributed by atoms with Crippen molar-refractivity contribution in [1.82, 2.24) is 15.3 Å². The Morgan fingerprint density at radius 2 is 1.86 bits per heavy atom. The number of hydrogen-bond acceptors (Lipinski definition) is 6. The SMILES string of the molecule is COc1cc(OC)cc(C(=O)NC2=CC=CC=C(c3nc4ncccc4o3)C2)c1. The fraction of sp³-hybridized carbons (Fsp3) is 0.136. The Bertz CT molecular complexity index is 1100. The summed E-state index contributed by atoms with van der Waals surface area (Å²) in [6.07, 6.45) is 9.62. The Labute approximate surface area is 167 Å². The van der Waals surface area contributed by atoms with Gasteiger partial charge in [0.15, 0.2) is 11.2 Å². The fourth-order valence-corrected chi connectivity index (χ4v) is 2.96. The number of pyridine rings is 1. The van der Waals surface area contributed by atoms with Crippen LogP contribution < -0.4 is 14.8 Å². The molecule has 0 bridgehead atoms. The molecule has 0 unspecified atom stereocenters. The third-order valence-electron chi connectivity index (χ3n) is 4.41. The van der Waals surface area contributed by atoms with Gasteiger partial charge in [-0.15, -0.1) is 0 Å². The van der Waals surface area contributed by atoms with Gasteiger partial charge in [-0.1, -0.05) is 18.2 Å². The van der Waals surface area contributed by atoms with Crippen LogP contribution in [-0.4, -0.2) is 30.1 Å². The van der Waals surface area contributed by atoms with Crippen molar-refractivity contribution in [3.8, 4) is 11.5 Å². The normalized spacial score (nSPS) is 13.4. The largest absolute Gasteiger partial charge is 0.497 e. The molecule has 2 heterocycles. The molecule has 0 atom stereocenters. The molecule has 0 aliphatic heterocycles. The van der Waals surface area contributed by atoms with Crippen LogP contribution in [0.25, 0.3) is 16.8 Å². The topological polar surface area (TPSA) is 86.5 Å². The van der Waals surface area contributed by atoms with Gasteiger partial charge in [0.2, 0.25) is 5.89 Å². The van der Waals surface area contributed by atoms with Gasteiger partial charge in [0.05, 0.1) is 14.2 Å². The van der Waals surface area contributed by atoms with Gasteiger partial charge in [-0.3, -0.25) is 4.79 Å². The number of nitrogens with one attached hydrogen (secondary N) is 1. The fourth-order valence-electron chi connectivity index (χ4n) is 2.96. The molecule has 0 spiro atoms. The number of carbonyl (C=O) groups is 1. The first-order valence-electron chi connectivity index (χ1n) is 8.99. The molecule has 2 aromatic heterocycles. The molecule has 0 saturated carbocycles. The zero-order valence-corrected chi connectivity index (χ0v) is 16.0. The van der Waals surface area contributed by atoms with Gasteiger partial charge in [0.1, 0.15) is 11.5 Å². The van der Waals surface area contributed by atoms with Crippen LogP contribution >= 0.6 is 0 Å². The number of rotatable bonds is 5. The Hall–Kier alpha value is -3.87. The summed E-state index contributed by atoms with van der Waals surface area (Å²) in [4.78, 5) is 21.4. The average molecular weight is 389 g/mol. The highest BCUT2D eigenvalue weighted by atomic mass is 16.5. The molecule has 3 aromatic rings. The van der Waals surface area contributed by atoms with Crippen molar-refractivity contribution in [1.29, 1.82) is 0 Å². The summed E-state index contributed by atoms with van der Waals surface area (Å²) in [5.41, 5.74) is 3.16. The highest BCUT2D eigenvalue weighted by molar-refractivity contribution is 5.96. The lowest BCUT2D eigenvalue weighted by Crippen LogP contribution is -2.23.